The summed E-state index contributed by atoms with van der Waals surface area (Å²) in [7, 11) is 0. The van der Waals surface area contributed by atoms with Crippen LogP contribution in [-0.2, 0) is 0 Å². The van der Waals surface area contributed by atoms with E-state index in [-0.39, 0.29) is 5.69 Å². The van der Waals surface area contributed by atoms with Crippen molar-refractivity contribution < 1.29 is 9.18 Å². The van der Waals surface area contributed by atoms with Crippen molar-refractivity contribution in [3.05, 3.63) is 51.9 Å². The molecule has 0 aliphatic rings. The summed E-state index contributed by atoms with van der Waals surface area (Å²) < 4.78 is 13.1. The van der Waals surface area contributed by atoms with Gasteiger partial charge in [0.1, 0.15) is 5.69 Å². The van der Waals surface area contributed by atoms with E-state index in [1.54, 1.807) is 18.2 Å². The third-order valence-corrected chi connectivity index (χ3v) is 2.74. The highest BCUT2D eigenvalue weighted by Crippen LogP contribution is 2.29. The first-order valence-electron chi connectivity index (χ1n) is 4.69. The first kappa shape index (κ1) is 12.0. The normalized spacial score (nSPS) is 10.3. The van der Waals surface area contributed by atoms with Gasteiger partial charge in [-0.15, -0.1) is 0 Å². The minimum absolute atomic E-state index is 0.242. The molecule has 0 radical (unpaired) electrons. The summed E-state index contributed by atoms with van der Waals surface area (Å²) in [5.41, 5.74) is 0.780. The van der Waals surface area contributed by atoms with E-state index in [4.69, 9.17) is 23.2 Å². The minimum atomic E-state index is -0.658. The van der Waals surface area contributed by atoms with Crippen LogP contribution in [0.3, 0.4) is 0 Å². The van der Waals surface area contributed by atoms with Gasteiger partial charge in [0.25, 0.3) is 0 Å². The summed E-state index contributed by atoms with van der Waals surface area (Å²) >= 11 is 11.8. The Balaban J connectivity index is 2.56. The van der Waals surface area contributed by atoms with Crippen molar-refractivity contribution in [3.63, 3.8) is 0 Å². The Labute approximate surface area is 107 Å². The Kier molecular flexibility index (Phi) is 3.41. The third kappa shape index (κ3) is 2.46. The SMILES string of the molecule is O=Cc1nc(-c2ccc(Cl)cc2Cl)ccc1F. The Morgan fingerprint density at radius 2 is 1.94 bits per heavy atom. The van der Waals surface area contributed by atoms with Crippen molar-refractivity contribution in [1.29, 1.82) is 0 Å². The summed E-state index contributed by atoms with van der Waals surface area (Å²) in [6.45, 7) is 0. The van der Waals surface area contributed by atoms with Crippen LogP contribution in [0.4, 0.5) is 4.39 Å². The molecule has 0 unspecified atom stereocenters. The summed E-state index contributed by atoms with van der Waals surface area (Å²) in [5.74, 6) is -0.658. The number of hydrogen-bond acceptors (Lipinski definition) is 2. The Morgan fingerprint density at radius 1 is 1.18 bits per heavy atom. The molecule has 1 aromatic heterocycles. The fourth-order valence-electron chi connectivity index (χ4n) is 1.39. The second-order valence-electron chi connectivity index (χ2n) is 3.31. The van der Waals surface area contributed by atoms with Gasteiger partial charge in [0.05, 0.1) is 10.7 Å². The topological polar surface area (TPSA) is 30.0 Å². The molecular weight excluding hydrogens is 264 g/mol. The molecule has 0 N–H and O–H groups in total. The lowest BCUT2D eigenvalue weighted by Gasteiger charge is -2.05. The van der Waals surface area contributed by atoms with Gasteiger partial charge in [0.2, 0.25) is 0 Å². The van der Waals surface area contributed by atoms with E-state index in [1.165, 1.54) is 12.1 Å². The summed E-state index contributed by atoms with van der Waals surface area (Å²) in [6.07, 6.45) is 0.364. The molecule has 0 atom stereocenters. The van der Waals surface area contributed by atoms with Crippen molar-refractivity contribution in [2.75, 3.05) is 0 Å². The molecule has 1 heterocycles. The van der Waals surface area contributed by atoms with E-state index < -0.39 is 5.82 Å². The van der Waals surface area contributed by atoms with E-state index >= 15 is 0 Å². The van der Waals surface area contributed by atoms with Crippen molar-refractivity contribution in [3.8, 4) is 11.3 Å². The number of hydrogen-bond donors (Lipinski definition) is 0. The van der Waals surface area contributed by atoms with E-state index in [0.717, 1.165) is 0 Å². The van der Waals surface area contributed by atoms with Crippen LogP contribution in [-0.4, -0.2) is 11.3 Å². The first-order chi connectivity index (χ1) is 8.11. The second kappa shape index (κ2) is 4.82. The molecular formula is C12H6Cl2FNO. The van der Waals surface area contributed by atoms with Gasteiger partial charge >= 0.3 is 0 Å². The van der Waals surface area contributed by atoms with Gasteiger partial charge in [0.15, 0.2) is 12.1 Å². The van der Waals surface area contributed by atoms with E-state index in [9.17, 15) is 9.18 Å². The highest BCUT2D eigenvalue weighted by Gasteiger charge is 2.09. The molecule has 0 aliphatic heterocycles. The fraction of sp³-hybridized carbons (Fsp3) is 0. The number of carbonyl (C=O) groups is 1. The lowest BCUT2D eigenvalue weighted by Crippen LogP contribution is -1.95. The van der Waals surface area contributed by atoms with Crippen molar-refractivity contribution in [2.45, 2.75) is 0 Å². The lowest BCUT2D eigenvalue weighted by molar-refractivity contribution is 0.111. The number of nitrogens with zero attached hydrogens (tertiary/aromatic N) is 1. The molecule has 0 saturated carbocycles. The van der Waals surface area contributed by atoms with Crippen LogP contribution in [0.1, 0.15) is 10.5 Å². The molecule has 0 bridgehead atoms. The average Bonchev–Trinajstić information content (AvgIpc) is 2.30. The maximum Gasteiger partial charge on any atom is 0.171 e. The Morgan fingerprint density at radius 3 is 2.59 bits per heavy atom. The molecule has 2 aromatic rings. The van der Waals surface area contributed by atoms with Gasteiger partial charge < -0.3 is 0 Å². The molecule has 2 rings (SSSR count). The largest absolute Gasteiger partial charge is 0.296 e. The molecule has 17 heavy (non-hydrogen) atoms. The predicted molar refractivity (Wildman–Crippen MR) is 65.0 cm³/mol. The van der Waals surface area contributed by atoms with Crippen molar-refractivity contribution in [1.82, 2.24) is 4.98 Å². The maximum absolute atomic E-state index is 13.1. The van der Waals surface area contributed by atoms with Crippen LogP contribution in [0, 0.1) is 5.82 Å². The van der Waals surface area contributed by atoms with Crippen LogP contribution in [0.25, 0.3) is 11.3 Å². The first-order valence-corrected chi connectivity index (χ1v) is 5.44. The zero-order chi connectivity index (χ0) is 12.4. The molecule has 86 valence electrons. The Bertz CT molecular complexity index is 587. The fourth-order valence-corrected chi connectivity index (χ4v) is 1.89. The molecule has 5 heteroatoms. The van der Waals surface area contributed by atoms with Crippen LogP contribution in [0.15, 0.2) is 30.3 Å². The van der Waals surface area contributed by atoms with Gasteiger partial charge in [-0.05, 0) is 30.3 Å². The van der Waals surface area contributed by atoms with E-state index in [1.807, 2.05) is 0 Å². The van der Waals surface area contributed by atoms with Gasteiger partial charge in [-0.1, -0.05) is 23.2 Å². The molecule has 0 saturated heterocycles. The summed E-state index contributed by atoms with van der Waals surface area (Å²) in [5, 5.41) is 0.893. The van der Waals surface area contributed by atoms with E-state index in [0.29, 0.717) is 27.6 Å². The summed E-state index contributed by atoms with van der Waals surface area (Å²) in [4.78, 5) is 14.5. The number of pyridine rings is 1. The van der Waals surface area contributed by atoms with Crippen LogP contribution < -0.4 is 0 Å². The van der Waals surface area contributed by atoms with Crippen molar-refractivity contribution >= 4 is 29.5 Å². The number of benzene rings is 1. The van der Waals surface area contributed by atoms with Crippen molar-refractivity contribution in [2.24, 2.45) is 0 Å². The number of halogens is 3. The quantitative estimate of drug-likeness (QED) is 0.772. The monoisotopic (exact) mass is 269 g/mol. The van der Waals surface area contributed by atoms with Gasteiger partial charge in [0, 0.05) is 10.6 Å². The molecule has 2 nitrogen and oxygen atoms in total. The molecule has 1 aromatic carbocycles. The standard InChI is InChI=1S/C12H6Cl2FNO/c13-7-1-2-8(9(14)5-7)11-4-3-10(15)12(6-17)16-11/h1-6H. The number of aromatic nitrogens is 1. The maximum atomic E-state index is 13.1. The average molecular weight is 270 g/mol. The van der Waals surface area contributed by atoms with Gasteiger partial charge in [-0.25, -0.2) is 9.37 Å². The van der Waals surface area contributed by atoms with Gasteiger partial charge in [-0.3, -0.25) is 4.79 Å². The smallest absolute Gasteiger partial charge is 0.171 e. The Hall–Kier alpha value is -1.45. The van der Waals surface area contributed by atoms with E-state index in [2.05, 4.69) is 4.98 Å². The lowest BCUT2D eigenvalue weighted by atomic mass is 10.1. The van der Waals surface area contributed by atoms with Gasteiger partial charge in [-0.2, -0.15) is 0 Å². The highest BCUT2D eigenvalue weighted by molar-refractivity contribution is 6.36. The number of rotatable bonds is 2. The second-order valence-corrected chi connectivity index (χ2v) is 4.15. The zero-order valence-electron chi connectivity index (χ0n) is 8.45. The molecule has 0 aliphatic carbocycles. The predicted octanol–water partition coefficient (Wildman–Crippen LogP) is 4.01. The number of carbonyl (C=O) groups excluding carboxylic acids is 1. The number of aldehydes is 1. The minimum Gasteiger partial charge on any atom is -0.296 e. The van der Waals surface area contributed by atoms with Crippen LogP contribution in [0.5, 0.6) is 0 Å². The zero-order valence-corrected chi connectivity index (χ0v) is 9.97. The molecule has 0 spiro atoms. The summed E-state index contributed by atoms with van der Waals surface area (Å²) in [6, 6.07) is 7.51. The third-order valence-electron chi connectivity index (χ3n) is 2.19. The van der Waals surface area contributed by atoms with Crippen LogP contribution >= 0.6 is 23.2 Å². The molecule has 0 amide bonds. The molecule has 0 fully saturated rings. The van der Waals surface area contributed by atoms with Crippen LogP contribution in [0.2, 0.25) is 10.0 Å². The highest BCUT2D eigenvalue weighted by atomic mass is 35.5.